The molecule has 0 saturated carbocycles. The van der Waals surface area contributed by atoms with E-state index in [9.17, 15) is 14.0 Å². The first-order chi connectivity index (χ1) is 17.1. The molecule has 0 bridgehead atoms. The number of benzene rings is 1. The maximum Gasteiger partial charge on any atom is 0.291 e. The van der Waals surface area contributed by atoms with Crippen molar-refractivity contribution in [2.75, 3.05) is 19.6 Å². The Bertz CT molecular complexity index is 1430. The number of fused-ring (bicyclic) bond motifs is 1. The molecule has 10 nitrogen and oxygen atoms in total. The molecule has 3 aromatic heterocycles. The Morgan fingerprint density at radius 1 is 1.11 bits per heavy atom. The maximum absolute atomic E-state index is 13.6. The second-order valence-electron chi connectivity index (χ2n) is 9.87. The number of carbonyl (C=O) groups is 2. The first-order valence-electron chi connectivity index (χ1n) is 11.8. The van der Waals surface area contributed by atoms with Crippen LogP contribution in [0.2, 0.25) is 0 Å². The maximum atomic E-state index is 13.6. The van der Waals surface area contributed by atoms with Crippen molar-refractivity contribution in [1.29, 1.82) is 0 Å². The van der Waals surface area contributed by atoms with Crippen LogP contribution in [0.1, 0.15) is 60.3 Å². The lowest BCUT2D eigenvalue weighted by Gasteiger charge is -2.46. The number of nitrogens with one attached hydrogen (secondary N) is 1. The van der Waals surface area contributed by atoms with E-state index in [1.54, 1.807) is 32.6 Å². The molecule has 1 aliphatic heterocycles. The molecule has 0 unspecified atom stereocenters. The average molecular weight is 491 g/mol. The quantitative estimate of drug-likeness (QED) is 0.470. The highest BCUT2D eigenvalue weighted by Crippen LogP contribution is 2.28. The summed E-state index contributed by atoms with van der Waals surface area (Å²) in [6.45, 7) is 9.00. The van der Waals surface area contributed by atoms with Crippen LogP contribution in [0.4, 0.5) is 4.39 Å². The van der Waals surface area contributed by atoms with Crippen molar-refractivity contribution in [3.8, 4) is 11.3 Å². The molecule has 5 rings (SSSR count). The summed E-state index contributed by atoms with van der Waals surface area (Å²) in [6, 6.07) is 8.09. The number of amides is 2. The molecule has 2 amide bonds. The number of halogens is 1. The highest BCUT2D eigenvalue weighted by atomic mass is 19.1. The second kappa shape index (κ2) is 8.81. The van der Waals surface area contributed by atoms with Crippen LogP contribution in [-0.2, 0) is 0 Å². The minimum atomic E-state index is -0.631. The summed E-state index contributed by atoms with van der Waals surface area (Å²) in [5, 5.41) is 11.0. The number of H-pyrrole nitrogens is 1. The second-order valence-corrected chi connectivity index (χ2v) is 9.87. The summed E-state index contributed by atoms with van der Waals surface area (Å²) < 4.78 is 15.1. The largest absolute Gasteiger partial charge is 0.332 e. The summed E-state index contributed by atoms with van der Waals surface area (Å²) in [5.41, 5.74) is 2.64. The van der Waals surface area contributed by atoms with E-state index in [1.807, 2.05) is 33.8 Å². The summed E-state index contributed by atoms with van der Waals surface area (Å²) in [5.74, 6) is -0.489. The monoisotopic (exact) mass is 490 g/mol. The van der Waals surface area contributed by atoms with Gasteiger partial charge in [0, 0.05) is 30.8 Å². The summed E-state index contributed by atoms with van der Waals surface area (Å²) >= 11 is 0. The SMILES string of the molecule is CC(C)c1cc(-c2ccc(F)cc2)nn2cc(C(=O)N3CCN(C(=O)c4ncn[nH]4)CC3(C)C)nc12. The Hall–Kier alpha value is -4.15. The molecule has 186 valence electrons. The van der Waals surface area contributed by atoms with Gasteiger partial charge in [0.1, 0.15) is 17.8 Å². The zero-order valence-corrected chi connectivity index (χ0v) is 20.6. The Balaban J connectivity index is 1.45. The van der Waals surface area contributed by atoms with E-state index >= 15 is 0 Å². The van der Waals surface area contributed by atoms with Crippen molar-refractivity contribution in [1.82, 2.24) is 39.6 Å². The van der Waals surface area contributed by atoms with Crippen LogP contribution >= 0.6 is 0 Å². The minimum Gasteiger partial charge on any atom is -0.332 e. The van der Waals surface area contributed by atoms with E-state index in [0.717, 1.165) is 11.1 Å². The number of rotatable bonds is 4. The van der Waals surface area contributed by atoms with Crippen LogP contribution in [0.3, 0.4) is 0 Å². The van der Waals surface area contributed by atoms with Crippen molar-refractivity contribution in [3.63, 3.8) is 0 Å². The molecule has 4 heterocycles. The number of piperazine rings is 1. The molecular formula is C25H27FN8O2. The van der Waals surface area contributed by atoms with Gasteiger partial charge in [0.05, 0.1) is 17.4 Å². The fourth-order valence-electron chi connectivity index (χ4n) is 4.59. The molecule has 36 heavy (non-hydrogen) atoms. The van der Waals surface area contributed by atoms with Crippen LogP contribution in [0.15, 0.2) is 42.9 Å². The molecule has 1 fully saturated rings. The number of nitrogens with zero attached hydrogens (tertiary/aromatic N) is 7. The van der Waals surface area contributed by atoms with Crippen LogP contribution in [-0.4, -0.2) is 76.6 Å². The predicted octanol–water partition coefficient (Wildman–Crippen LogP) is 3.15. The molecule has 1 aliphatic rings. The predicted molar refractivity (Wildman–Crippen MR) is 130 cm³/mol. The third-order valence-electron chi connectivity index (χ3n) is 6.49. The zero-order chi connectivity index (χ0) is 25.6. The van der Waals surface area contributed by atoms with Gasteiger partial charge in [-0.05, 0) is 50.1 Å². The fraction of sp³-hybridized carbons (Fsp3) is 0.360. The normalized spacial score (nSPS) is 15.6. The first-order valence-corrected chi connectivity index (χ1v) is 11.8. The average Bonchev–Trinajstić information content (AvgIpc) is 3.52. The third-order valence-corrected chi connectivity index (χ3v) is 6.49. The Morgan fingerprint density at radius 3 is 2.50 bits per heavy atom. The highest BCUT2D eigenvalue weighted by molar-refractivity contribution is 5.94. The van der Waals surface area contributed by atoms with Gasteiger partial charge in [0.25, 0.3) is 11.8 Å². The lowest BCUT2D eigenvalue weighted by Crippen LogP contribution is -2.62. The Kier molecular flexibility index (Phi) is 5.77. The summed E-state index contributed by atoms with van der Waals surface area (Å²) in [6.07, 6.45) is 2.93. The van der Waals surface area contributed by atoms with Crippen LogP contribution in [0.25, 0.3) is 16.9 Å². The van der Waals surface area contributed by atoms with E-state index in [-0.39, 0.29) is 35.1 Å². The van der Waals surface area contributed by atoms with Gasteiger partial charge < -0.3 is 9.80 Å². The molecule has 1 N–H and O–H groups in total. The standard InChI is InChI=1S/C25H27FN8O2/c1-15(2)18-11-19(16-5-7-17(26)8-6-16)31-34-12-20(29-22(18)34)23(35)33-10-9-32(13-25(33,3)4)24(36)21-27-14-28-30-21/h5-8,11-12,14-15H,9-10,13H2,1-4H3,(H,27,28,30). The van der Waals surface area contributed by atoms with Crippen LogP contribution < -0.4 is 0 Å². The van der Waals surface area contributed by atoms with Crippen molar-refractivity contribution >= 4 is 17.5 Å². The Morgan fingerprint density at radius 2 is 1.86 bits per heavy atom. The number of imidazole rings is 1. The van der Waals surface area contributed by atoms with Crippen LogP contribution in [0.5, 0.6) is 0 Å². The summed E-state index contributed by atoms with van der Waals surface area (Å²) in [4.78, 5) is 38.4. The van der Waals surface area contributed by atoms with Gasteiger partial charge in [-0.25, -0.2) is 18.9 Å². The lowest BCUT2D eigenvalue weighted by atomic mass is 9.98. The lowest BCUT2D eigenvalue weighted by molar-refractivity contribution is 0.0160. The van der Waals surface area contributed by atoms with Gasteiger partial charge >= 0.3 is 0 Å². The smallest absolute Gasteiger partial charge is 0.291 e. The number of hydrogen-bond acceptors (Lipinski definition) is 6. The molecule has 0 aliphatic carbocycles. The van der Waals surface area contributed by atoms with E-state index in [0.29, 0.717) is 31.0 Å². The van der Waals surface area contributed by atoms with Crippen LogP contribution in [0, 0.1) is 5.82 Å². The van der Waals surface area contributed by atoms with E-state index in [4.69, 9.17) is 0 Å². The van der Waals surface area contributed by atoms with Gasteiger partial charge in [-0.15, -0.1) is 0 Å². The zero-order valence-electron chi connectivity index (χ0n) is 20.6. The number of aromatic nitrogens is 6. The third kappa shape index (κ3) is 4.21. The molecule has 0 atom stereocenters. The van der Waals surface area contributed by atoms with Crippen molar-refractivity contribution in [2.24, 2.45) is 0 Å². The topological polar surface area (TPSA) is 112 Å². The molecule has 0 spiro atoms. The first kappa shape index (κ1) is 23.6. The van der Waals surface area contributed by atoms with Crippen molar-refractivity contribution in [3.05, 3.63) is 65.8 Å². The number of carbonyl (C=O) groups excluding carboxylic acids is 2. The molecule has 0 radical (unpaired) electrons. The molecule has 1 saturated heterocycles. The fourth-order valence-corrected chi connectivity index (χ4v) is 4.59. The highest BCUT2D eigenvalue weighted by Gasteiger charge is 2.40. The van der Waals surface area contributed by atoms with E-state index < -0.39 is 5.54 Å². The molecule has 11 heteroatoms. The number of aromatic amines is 1. The summed E-state index contributed by atoms with van der Waals surface area (Å²) in [7, 11) is 0. The van der Waals surface area contributed by atoms with Crippen molar-refractivity contribution < 1.29 is 14.0 Å². The van der Waals surface area contributed by atoms with Gasteiger partial charge in [0.2, 0.25) is 5.82 Å². The minimum absolute atomic E-state index is 0.127. The van der Waals surface area contributed by atoms with E-state index in [2.05, 4.69) is 25.3 Å². The van der Waals surface area contributed by atoms with Gasteiger partial charge in [-0.3, -0.25) is 14.7 Å². The van der Waals surface area contributed by atoms with Gasteiger partial charge in [-0.1, -0.05) is 13.8 Å². The Labute approximate surface area is 207 Å². The molecule has 4 aromatic rings. The van der Waals surface area contributed by atoms with Crippen molar-refractivity contribution in [2.45, 2.75) is 39.2 Å². The molecule has 1 aromatic carbocycles. The van der Waals surface area contributed by atoms with E-state index in [1.165, 1.54) is 18.5 Å². The number of hydrogen-bond donors (Lipinski definition) is 1. The molecular weight excluding hydrogens is 463 g/mol. The van der Waals surface area contributed by atoms with Gasteiger partial charge in [-0.2, -0.15) is 10.2 Å². The van der Waals surface area contributed by atoms with Gasteiger partial charge in [0.15, 0.2) is 5.65 Å².